The Kier molecular flexibility index (Phi) is 4.53. The highest BCUT2D eigenvalue weighted by molar-refractivity contribution is 5.94. The van der Waals surface area contributed by atoms with Crippen LogP contribution in [0.25, 0.3) is 0 Å². The predicted molar refractivity (Wildman–Crippen MR) is 86.3 cm³/mol. The molecule has 1 fully saturated rings. The van der Waals surface area contributed by atoms with E-state index in [0.29, 0.717) is 11.3 Å². The summed E-state index contributed by atoms with van der Waals surface area (Å²) in [7, 11) is 0. The summed E-state index contributed by atoms with van der Waals surface area (Å²) < 4.78 is 5.74. The average molecular weight is 297 g/mol. The number of amides is 1. The highest BCUT2D eigenvalue weighted by atomic mass is 16.4. The minimum atomic E-state index is -0.236. The molecule has 3 rings (SSSR count). The SMILES string of the molecule is O=C(N/N=C\c1ccc(N2CCCCC2)o1)c1ccccc1. The van der Waals surface area contributed by atoms with Gasteiger partial charge in [-0.15, -0.1) is 0 Å². The molecule has 1 aliphatic heterocycles. The number of hydrazone groups is 1. The number of piperidine rings is 1. The molecule has 5 nitrogen and oxygen atoms in total. The van der Waals surface area contributed by atoms with Gasteiger partial charge >= 0.3 is 0 Å². The maximum absolute atomic E-state index is 11.8. The summed E-state index contributed by atoms with van der Waals surface area (Å²) >= 11 is 0. The maximum atomic E-state index is 11.8. The van der Waals surface area contributed by atoms with Crippen molar-refractivity contribution in [1.82, 2.24) is 5.43 Å². The van der Waals surface area contributed by atoms with Gasteiger partial charge in [-0.05, 0) is 37.5 Å². The first-order chi connectivity index (χ1) is 10.8. The molecule has 114 valence electrons. The topological polar surface area (TPSA) is 57.8 Å². The summed E-state index contributed by atoms with van der Waals surface area (Å²) in [4.78, 5) is 14.1. The minimum Gasteiger partial charge on any atom is -0.440 e. The molecule has 2 heterocycles. The minimum absolute atomic E-state index is 0.236. The van der Waals surface area contributed by atoms with Crippen molar-refractivity contribution in [3.63, 3.8) is 0 Å². The number of nitrogens with zero attached hydrogens (tertiary/aromatic N) is 2. The van der Waals surface area contributed by atoms with E-state index in [1.54, 1.807) is 12.1 Å². The van der Waals surface area contributed by atoms with Gasteiger partial charge in [0.2, 0.25) is 0 Å². The second-order valence-electron chi connectivity index (χ2n) is 5.29. The van der Waals surface area contributed by atoms with Gasteiger partial charge in [0.1, 0.15) is 5.76 Å². The Labute approximate surface area is 129 Å². The van der Waals surface area contributed by atoms with Gasteiger partial charge in [0.25, 0.3) is 5.91 Å². The monoisotopic (exact) mass is 297 g/mol. The fraction of sp³-hybridized carbons (Fsp3) is 0.294. The van der Waals surface area contributed by atoms with E-state index in [2.05, 4.69) is 15.4 Å². The summed E-state index contributed by atoms with van der Waals surface area (Å²) in [5.74, 6) is 1.27. The van der Waals surface area contributed by atoms with Gasteiger partial charge in [0.05, 0.1) is 6.21 Å². The molecule has 22 heavy (non-hydrogen) atoms. The van der Waals surface area contributed by atoms with Crippen LogP contribution in [0, 0.1) is 0 Å². The van der Waals surface area contributed by atoms with Crippen molar-refractivity contribution < 1.29 is 9.21 Å². The molecule has 0 saturated carbocycles. The summed E-state index contributed by atoms with van der Waals surface area (Å²) in [6, 6.07) is 12.8. The van der Waals surface area contributed by atoms with E-state index >= 15 is 0 Å². The molecule has 1 aromatic heterocycles. The number of hydrogen-bond acceptors (Lipinski definition) is 4. The van der Waals surface area contributed by atoms with Crippen molar-refractivity contribution in [2.45, 2.75) is 19.3 Å². The van der Waals surface area contributed by atoms with E-state index < -0.39 is 0 Å². The van der Waals surface area contributed by atoms with E-state index in [-0.39, 0.29) is 5.91 Å². The summed E-state index contributed by atoms with van der Waals surface area (Å²) in [5, 5.41) is 3.94. The first-order valence-corrected chi connectivity index (χ1v) is 7.56. The van der Waals surface area contributed by atoms with Gasteiger partial charge in [0.15, 0.2) is 5.88 Å². The molecule has 5 heteroatoms. The maximum Gasteiger partial charge on any atom is 0.271 e. The normalized spacial score (nSPS) is 15.2. The van der Waals surface area contributed by atoms with E-state index in [1.165, 1.54) is 25.5 Å². The molecular weight excluding hydrogens is 278 g/mol. The Hall–Kier alpha value is -2.56. The van der Waals surface area contributed by atoms with Gasteiger partial charge < -0.3 is 9.32 Å². The van der Waals surface area contributed by atoms with Crippen LogP contribution < -0.4 is 10.3 Å². The first kappa shape index (κ1) is 14.4. The van der Waals surface area contributed by atoms with E-state index in [1.807, 2.05) is 30.3 Å². The van der Waals surface area contributed by atoms with E-state index in [9.17, 15) is 4.79 Å². The van der Waals surface area contributed by atoms with Crippen LogP contribution in [0.15, 0.2) is 52.0 Å². The number of hydrogen-bond donors (Lipinski definition) is 1. The molecule has 2 aromatic rings. The first-order valence-electron chi connectivity index (χ1n) is 7.56. The van der Waals surface area contributed by atoms with Crippen LogP contribution in [0.4, 0.5) is 5.88 Å². The van der Waals surface area contributed by atoms with Crippen LogP contribution in [0.3, 0.4) is 0 Å². The van der Waals surface area contributed by atoms with Crippen molar-refractivity contribution in [2.24, 2.45) is 5.10 Å². The molecule has 1 N–H and O–H groups in total. The predicted octanol–water partition coefficient (Wildman–Crippen LogP) is 3.03. The zero-order valence-corrected chi connectivity index (χ0v) is 12.4. The molecule has 0 radical (unpaired) electrons. The fourth-order valence-electron chi connectivity index (χ4n) is 2.50. The molecule has 0 unspecified atom stereocenters. The van der Waals surface area contributed by atoms with Crippen LogP contribution in [0.1, 0.15) is 35.4 Å². The second kappa shape index (κ2) is 6.93. The van der Waals surface area contributed by atoms with Crippen LogP contribution in [0.5, 0.6) is 0 Å². The van der Waals surface area contributed by atoms with Crippen LogP contribution in [-0.4, -0.2) is 25.2 Å². The number of carbonyl (C=O) groups excluding carboxylic acids is 1. The summed E-state index contributed by atoms with van der Waals surface area (Å²) in [6.07, 6.45) is 5.22. The van der Waals surface area contributed by atoms with Crippen molar-refractivity contribution in [1.29, 1.82) is 0 Å². The van der Waals surface area contributed by atoms with Crippen LogP contribution in [0.2, 0.25) is 0 Å². The number of rotatable bonds is 4. The fourth-order valence-corrected chi connectivity index (χ4v) is 2.50. The number of carbonyl (C=O) groups is 1. The Morgan fingerprint density at radius 2 is 1.86 bits per heavy atom. The zero-order chi connectivity index (χ0) is 15.2. The van der Waals surface area contributed by atoms with Crippen molar-refractivity contribution in [3.05, 3.63) is 53.8 Å². The van der Waals surface area contributed by atoms with Crippen molar-refractivity contribution in [3.8, 4) is 0 Å². The number of benzene rings is 1. The van der Waals surface area contributed by atoms with Gasteiger partial charge in [-0.2, -0.15) is 5.10 Å². The third-order valence-corrected chi connectivity index (χ3v) is 3.67. The zero-order valence-electron chi connectivity index (χ0n) is 12.4. The van der Waals surface area contributed by atoms with Gasteiger partial charge in [-0.3, -0.25) is 4.79 Å². The molecule has 0 bridgehead atoms. The lowest BCUT2D eigenvalue weighted by Crippen LogP contribution is -2.28. The lowest BCUT2D eigenvalue weighted by Gasteiger charge is -2.25. The third kappa shape index (κ3) is 3.55. The standard InChI is InChI=1S/C17H19N3O2/c21-17(14-7-3-1-4-8-14)19-18-13-15-9-10-16(22-15)20-11-5-2-6-12-20/h1,3-4,7-10,13H,2,5-6,11-12H2,(H,19,21)/b18-13-. The van der Waals surface area contributed by atoms with Gasteiger partial charge in [0, 0.05) is 24.7 Å². The average Bonchev–Trinajstić information content (AvgIpc) is 3.05. The number of nitrogens with one attached hydrogen (secondary N) is 1. The number of anilines is 1. The lowest BCUT2D eigenvalue weighted by molar-refractivity contribution is 0.0955. The number of furan rings is 1. The summed E-state index contributed by atoms with van der Waals surface area (Å²) in [5.41, 5.74) is 3.07. The van der Waals surface area contributed by atoms with Crippen molar-refractivity contribution in [2.75, 3.05) is 18.0 Å². The van der Waals surface area contributed by atoms with Gasteiger partial charge in [-0.25, -0.2) is 5.43 Å². The lowest BCUT2D eigenvalue weighted by atomic mass is 10.1. The second-order valence-corrected chi connectivity index (χ2v) is 5.29. The smallest absolute Gasteiger partial charge is 0.271 e. The molecule has 0 aliphatic carbocycles. The molecule has 1 aromatic carbocycles. The largest absolute Gasteiger partial charge is 0.440 e. The Bertz CT molecular complexity index is 643. The molecule has 1 saturated heterocycles. The molecular formula is C17H19N3O2. The molecule has 0 spiro atoms. The molecule has 1 aliphatic rings. The Morgan fingerprint density at radius 1 is 1.09 bits per heavy atom. The third-order valence-electron chi connectivity index (χ3n) is 3.67. The highest BCUT2D eigenvalue weighted by Gasteiger charge is 2.13. The van der Waals surface area contributed by atoms with Crippen LogP contribution in [-0.2, 0) is 0 Å². The van der Waals surface area contributed by atoms with Gasteiger partial charge in [-0.1, -0.05) is 18.2 Å². The van der Waals surface area contributed by atoms with E-state index in [0.717, 1.165) is 19.0 Å². The van der Waals surface area contributed by atoms with E-state index in [4.69, 9.17) is 4.42 Å². The Morgan fingerprint density at radius 3 is 2.64 bits per heavy atom. The van der Waals surface area contributed by atoms with Crippen molar-refractivity contribution >= 4 is 18.0 Å². The van der Waals surface area contributed by atoms with Crippen LogP contribution >= 0.6 is 0 Å². The summed E-state index contributed by atoms with van der Waals surface area (Å²) in [6.45, 7) is 2.07. The highest BCUT2D eigenvalue weighted by Crippen LogP contribution is 2.21. The Balaban J connectivity index is 1.57. The molecule has 1 amide bonds. The quantitative estimate of drug-likeness (QED) is 0.697. The molecule has 0 atom stereocenters.